The molecular weight excluding hydrogens is 359 g/mol. The lowest BCUT2D eigenvalue weighted by molar-refractivity contribution is 0.0229. The van der Waals surface area contributed by atoms with E-state index in [1.54, 1.807) is 30.7 Å². The van der Waals surface area contributed by atoms with Crippen LogP contribution in [0.25, 0.3) is 11.0 Å². The Morgan fingerprint density at radius 2 is 1.82 bits per heavy atom. The molecule has 2 aromatic carbocycles. The van der Waals surface area contributed by atoms with Gasteiger partial charge < -0.3 is 4.57 Å². The Morgan fingerprint density at radius 1 is 1.04 bits per heavy atom. The normalized spacial score (nSPS) is 10.9. The lowest BCUT2D eigenvalue weighted by atomic mass is 10.2. The van der Waals surface area contributed by atoms with E-state index in [4.69, 9.17) is 4.84 Å². The molecule has 0 bridgehead atoms. The molecule has 140 valence electrons. The van der Waals surface area contributed by atoms with Crippen molar-refractivity contribution in [1.82, 2.24) is 20.0 Å². The smallest absolute Gasteiger partial charge is 0.293 e. The molecule has 0 radical (unpaired) electrons. The van der Waals surface area contributed by atoms with Gasteiger partial charge in [0.2, 0.25) is 0 Å². The first-order valence-corrected chi connectivity index (χ1v) is 8.70. The van der Waals surface area contributed by atoms with Crippen LogP contribution < -0.4 is 5.48 Å². The first-order chi connectivity index (χ1) is 13.7. The highest BCUT2D eigenvalue weighted by Gasteiger charge is 2.11. The number of aromatic nitrogens is 3. The maximum absolute atomic E-state index is 13.0. The molecule has 6 nitrogen and oxygen atoms in total. The number of fused-ring (bicyclic) bond motifs is 1. The molecule has 0 atom stereocenters. The van der Waals surface area contributed by atoms with Crippen molar-refractivity contribution < 1.29 is 14.0 Å². The summed E-state index contributed by atoms with van der Waals surface area (Å²) in [5, 5.41) is 0. The van der Waals surface area contributed by atoms with Crippen molar-refractivity contribution in [2.45, 2.75) is 13.2 Å². The summed E-state index contributed by atoms with van der Waals surface area (Å²) in [4.78, 5) is 26.0. The van der Waals surface area contributed by atoms with Gasteiger partial charge in [0.1, 0.15) is 11.5 Å². The molecule has 28 heavy (non-hydrogen) atoms. The Labute approximate surface area is 160 Å². The van der Waals surface area contributed by atoms with Crippen LogP contribution in [0, 0.1) is 5.82 Å². The highest BCUT2D eigenvalue weighted by Crippen LogP contribution is 2.15. The summed E-state index contributed by atoms with van der Waals surface area (Å²) in [5.41, 5.74) is 5.93. The maximum Gasteiger partial charge on any atom is 0.293 e. The first-order valence-electron chi connectivity index (χ1n) is 8.70. The van der Waals surface area contributed by atoms with E-state index < -0.39 is 5.91 Å². The van der Waals surface area contributed by atoms with Crippen LogP contribution in [0.5, 0.6) is 0 Å². The van der Waals surface area contributed by atoms with Crippen molar-refractivity contribution >= 4 is 16.9 Å². The molecule has 0 aliphatic heterocycles. The van der Waals surface area contributed by atoms with Crippen LogP contribution in [0.4, 0.5) is 4.39 Å². The third-order valence-electron chi connectivity index (χ3n) is 4.25. The molecule has 7 heteroatoms. The molecule has 0 unspecified atom stereocenters. The summed E-state index contributed by atoms with van der Waals surface area (Å²) in [6, 6.07) is 17.4. The molecule has 0 aliphatic rings. The number of hydroxylamine groups is 1. The SMILES string of the molecule is O=C(NOCc1ccccc1)c1cc2ncn(Cc3ccc(F)cc3)c2cn1. The van der Waals surface area contributed by atoms with Gasteiger partial charge in [-0.25, -0.2) is 19.8 Å². The number of carbonyl (C=O) groups is 1. The number of benzene rings is 2. The van der Waals surface area contributed by atoms with Gasteiger partial charge in [0.05, 0.1) is 30.2 Å². The van der Waals surface area contributed by atoms with Crippen molar-refractivity contribution in [3.63, 3.8) is 0 Å². The number of nitrogens with zero attached hydrogens (tertiary/aromatic N) is 3. The molecule has 1 N–H and O–H groups in total. The topological polar surface area (TPSA) is 69.0 Å². The van der Waals surface area contributed by atoms with Crippen LogP contribution in [0.1, 0.15) is 21.6 Å². The molecule has 0 spiro atoms. The van der Waals surface area contributed by atoms with E-state index in [-0.39, 0.29) is 18.1 Å². The van der Waals surface area contributed by atoms with Gasteiger partial charge in [0.25, 0.3) is 5.91 Å². The molecule has 4 rings (SSSR count). The molecule has 4 aromatic rings. The van der Waals surface area contributed by atoms with Crippen molar-refractivity contribution in [2.75, 3.05) is 0 Å². The largest absolute Gasteiger partial charge is 0.325 e. The van der Waals surface area contributed by atoms with E-state index in [0.29, 0.717) is 12.1 Å². The van der Waals surface area contributed by atoms with Crippen molar-refractivity contribution in [2.24, 2.45) is 0 Å². The molecule has 0 saturated heterocycles. The van der Waals surface area contributed by atoms with E-state index in [9.17, 15) is 9.18 Å². The number of carbonyl (C=O) groups excluding carboxylic acids is 1. The van der Waals surface area contributed by atoms with Crippen LogP contribution in [0.3, 0.4) is 0 Å². The number of pyridine rings is 1. The maximum atomic E-state index is 13.0. The minimum absolute atomic E-state index is 0.215. The van der Waals surface area contributed by atoms with Gasteiger partial charge >= 0.3 is 0 Å². The highest BCUT2D eigenvalue weighted by atomic mass is 19.1. The summed E-state index contributed by atoms with van der Waals surface area (Å²) in [7, 11) is 0. The molecule has 2 heterocycles. The van der Waals surface area contributed by atoms with Crippen LogP contribution in [-0.2, 0) is 18.0 Å². The van der Waals surface area contributed by atoms with Crippen LogP contribution >= 0.6 is 0 Å². The standard InChI is InChI=1S/C21H17FN4O2/c22-17-8-6-15(7-9-17)12-26-14-24-18-10-19(23-11-20(18)26)21(27)25-28-13-16-4-2-1-3-5-16/h1-11,14H,12-13H2,(H,25,27). The average Bonchev–Trinajstić information content (AvgIpc) is 3.12. The van der Waals surface area contributed by atoms with E-state index in [1.165, 1.54) is 12.1 Å². The number of rotatable bonds is 6. The number of amides is 1. The third kappa shape index (κ3) is 4.05. The second kappa shape index (κ2) is 7.98. The summed E-state index contributed by atoms with van der Waals surface area (Å²) in [6.07, 6.45) is 3.27. The Bertz CT molecular complexity index is 1090. The second-order valence-electron chi connectivity index (χ2n) is 6.26. The zero-order chi connectivity index (χ0) is 19.3. The fourth-order valence-electron chi connectivity index (χ4n) is 2.80. The van der Waals surface area contributed by atoms with Gasteiger partial charge in [-0.1, -0.05) is 42.5 Å². The molecule has 0 saturated carbocycles. The summed E-state index contributed by atoms with van der Waals surface area (Å²) >= 11 is 0. The van der Waals surface area contributed by atoms with Crippen molar-refractivity contribution in [1.29, 1.82) is 0 Å². The van der Waals surface area contributed by atoms with Gasteiger partial charge in [-0.15, -0.1) is 0 Å². The number of hydrogen-bond acceptors (Lipinski definition) is 4. The zero-order valence-corrected chi connectivity index (χ0v) is 14.9. The second-order valence-corrected chi connectivity index (χ2v) is 6.26. The van der Waals surface area contributed by atoms with Crippen LogP contribution in [0.2, 0.25) is 0 Å². The number of halogens is 1. The Balaban J connectivity index is 1.43. The molecule has 0 fully saturated rings. The lowest BCUT2D eigenvalue weighted by Gasteiger charge is -2.07. The van der Waals surface area contributed by atoms with E-state index in [1.807, 2.05) is 34.9 Å². The van der Waals surface area contributed by atoms with Gasteiger partial charge in [-0.05, 0) is 29.3 Å². The lowest BCUT2D eigenvalue weighted by Crippen LogP contribution is -2.24. The summed E-state index contributed by atoms with van der Waals surface area (Å²) < 4.78 is 14.9. The fraction of sp³-hybridized carbons (Fsp3) is 0.0952. The number of imidazole rings is 1. The van der Waals surface area contributed by atoms with E-state index >= 15 is 0 Å². The first kappa shape index (κ1) is 17.8. The highest BCUT2D eigenvalue weighted by molar-refractivity contribution is 5.94. The summed E-state index contributed by atoms with van der Waals surface area (Å²) in [5.74, 6) is -0.711. The van der Waals surface area contributed by atoms with Gasteiger partial charge in [-0.2, -0.15) is 0 Å². The Hall–Kier alpha value is -3.58. The predicted molar refractivity (Wildman–Crippen MR) is 102 cm³/mol. The van der Waals surface area contributed by atoms with Gasteiger partial charge in [0.15, 0.2) is 0 Å². The molecular formula is C21H17FN4O2. The summed E-state index contributed by atoms with van der Waals surface area (Å²) in [6.45, 7) is 0.797. The minimum atomic E-state index is -0.439. The van der Waals surface area contributed by atoms with E-state index in [0.717, 1.165) is 16.6 Å². The van der Waals surface area contributed by atoms with Crippen LogP contribution in [-0.4, -0.2) is 20.4 Å². The van der Waals surface area contributed by atoms with Crippen LogP contribution in [0.15, 0.2) is 73.2 Å². The minimum Gasteiger partial charge on any atom is -0.325 e. The van der Waals surface area contributed by atoms with Gasteiger partial charge in [0, 0.05) is 6.54 Å². The number of nitrogens with one attached hydrogen (secondary N) is 1. The monoisotopic (exact) mass is 376 g/mol. The third-order valence-corrected chi connectivity index (χ3v) is 4.25. The Morgan fingerprint density at radius 3 is 2.61 bits per heavy atom. The Kier molecular flexibility index (Phi) is 5.07. The van der Waals surface area contributed by atoms with Crippen molar-refractivity contribution in [3.8, 4) is 0 Å². The zero-order valence-electron chi connectivity index (χ0n) is 14.9. The quantitative estimate of drug-likeness (QED) is 0.523. The fourth-order valence-corrected chi connectivity index (χ4v) is 2.80. The molecule has 2 aromatic heterocycles. The predicted octanol–water partition coefficient (Wildman–Crippen LogP) is 3.48. The van der Waals surface area contributed by atoms with Gasteiger partial charge in [-0.3, -0.25) is 9.63 Å². The van der Waals surface area contributed by atoms with Crippen molar-refractivity contribution in [3.05, 3.63) is 95.8 Å². The number of hydrogen-bond donors (Lipinski definition) is 1. The van der Waals surface area contributed by atoms with E-state index in [2.05, 4.69) is 15.4 Å². The average molecular weight is 376 g/mol. The molecule has 0 aliphatic carbocycles. The molecule has 1 amide bonds.